The lowest BCUT2D eigenvalue weighted by atomic mass is 9.76. The number of Topliss-reactive ketones (excluding diaryl/α,β-unsaturated/α-hetero) is 1. The molecule has 5 heteroatoms. The zero-order valence-electron chi connectivity index (χ0n) is 15.3. The van der Waals surface area contributed by atoms with Crippen molar-refractivity contribution in [2.75, 3.05) is 36.0 Å². The molecule has 1 aromatic carbocycles. The minimum absolute atomic E-state index is 0.00576. The van der Waals surface area contributed by atoms with E-state index >= 15 is 0 Å². The van der Waals surface area contributed by atoms with Crippen molar-refractivity contribution in [1.82, 2.24) is 4.98 Å². The van der Waals surface area contributed by atoms with Crippen LogP contribution in [0.1, 0.15) is 36.3 Å². The third-order valence-corrected chi connectivity index (χ3v) is 5.91. The Morgan fingerprint density at radius 2 is 1.65 bits per heavy atom. The molecule has 0 unspecified atom stereocenters. The number of ketones is 1. The second-order valence-corrected chi connectivity index (χ2v) is 8.89. The van der Waals surface area contributed by atoms with Gasteiger partial charge in [0.2, 0.25) is 0 Å². The summed E-state index contributed by atoms with van der Waals surface area (Å²) in [5.41, 5.74) is 3.02. The molecule has 0 spiro atoms. The molecule has 0 radical (unpaired) electrons. The van der Waals surface area contributed by atoms with E-state index in [-0.39, 0.29) is 11.2 Å². The van der Waals surface area contributed by atoms with Crippen LogP contribution in [-0.2, 0) is 6.42 Å². The average molecular weight is 414 g/mol. The molecule has 1 saturated heterocycles. The van der Waals surface area contributed by atoms with Crippen LogP contribution in [-0.4, -0.2) is 36.9 Å². The van der Waals surface area contributed by atoms with Gasteiger partial charge in [-0.2, -0.15) is 0 Å². The monoisotopic (exact) mass is 413 g/mol. The number of pyridine rings is 1. The van der Waals surface area contributed by atoms with Crippen molar-refractivity contribution >= 4 is 33.2 Å². The van der Waals surface area contributed by atoms with E-state index in [1.807, 2.05) is 6.07 Å². The molecule has 0 amide bonds. The fourth-order valence-electron chi connectivity index (χ4n) is 3.97. The zero-order chi connectivity index (χ0) is 18.3. The Hall–Kier alpha value is -1.88. The molecule has 2 aliphatic rings. The van der Waals surface area contributed by atoms with Crippen LogP contribution < -0.4 is 9.80 Å². The van der Waals surface area contributed by atoms with Crippen LogP contribution in [0.3, 0.4) is 0 Å². The van der Waals surface area contributed by atoms with Gasteiger partial charge in [-0.1, -0.05) is 32.0 Å². The third kappa shape index (κ3) is 3.37. The first-order chi connectivity index (χ1) is 12.4. The minimum Gasteiger partial charge on any atom is -0.368 e. The highest BCUT2D eigenvalue weighted by Crippen LogP contribution is 2.37. The Labute approximate surface area is 163 Å². The fraction of sp³-hybridized carbons (Fsp3) is 0.429. The molecule has 136 valence electrons. The number of hydrogen-bond donors (Lipinski definition) is 0. The quantitative estimate of drug-likeness (QED) is 0.733. The maximum atomic E-state index is 12.5. The van der Waals surface area contributed by atoms with E-state index in [2.05, 4.69) is 69.9 Å². The Kier molecular flexibility index (Phi) is 4.51. The van der Waals surface area contributed by atoms with Crippen molar-refractivity contribution in [2.24, 2.45) is 5.41 Å². The summed E-state index contributed by atoms with van der Waals surface area (Å²) >= 11 is 3.66. The Morgan fingerprint density at radius 1 is 1.00 bits per heavy atom. The lowest BCUT2D eigenvalue weighted by Crippen LogP contribution is -2.47. The number of benzene rings is 1. The van der Waals surface area contributed by atoms with Crippen molar-refractivity contribution in [1.29, 1.82) is 0 Å². The number of anilines is 2. The van der Waals surface area contributed by atoms with E-state index in [9.17, 15) is 4.79 Å². The molecule has 26 heavy (non-hydrogen) atoms. The van der Waals surface area contributed by atoms with Crippen molar-refractivity contribution in [2.45, 2.75) is 26.7 Å². The molecule has 4 rings (SSSR count). The SMILES string of the molecule is CC1(C)CC(=O)c2cc(Br)c(N3CCN(c4ccccc4)CC3)nc2C1. The summed E-state index contributed by atoms with van der Waals surface area (Å²) in [4.78, 5) is 22.1. The van der Waals surface area contributed by atoms with Gasteiger partial charge in [0.05, 0.1) is 10.2 Å². The van der Waals surface area contributed by atoms with Crippen molar-refractivity contribution < 1.29 is 4.79 Å². The topological polar surface area (TPSA) is 36.4 Å². The number of carbonyl (C=O) groups is 1. The molecule has 1 aliphatic heterocycles. The molecule has 4 nitrogen and oxygen atoms in total. The van der Waals surface area contributed by atoms with Crippen LogP contribution in [0.25, 0.3) is 0 Å². The first kappa shape index (κ1) is 17.5. The minimum atomic E-state index is -0.00576. The molecule has 1 aliphatic carbocycles. The van der Waals surface area contributed by atoms with Crippen LogP contribution in [0.4, 0.5) is 11.5 Å². The largest absolute Gasteiger partial charge is 0.368 e. The number of halogens is 1. The molecule has 0 saturated carbocycles. The maximum absolute atomic E-state index is 12.5. The summed E-state index contributed by atoms with van der Waals surface area (Å²) in [5.74, 6) is 1.19. The number of carbonyl (C=O) groups excluding carboxylic acids is 1. The summed E-state index contributed by atoms with van der Waals surface area (Å²) in [6.45, 7) is 8.10. The molecule has 1 aromatic heterocycles. The highest BCUT2D eigenvalue weighted by molar-refractivity contribution is 9.10. The van der Waals surface area contributed by atoms with E-state index in [4.69, 9.17) is 4.98 Å². The van der Waals surface area contributed by atoms with E-state index in [0.29, 0.717) is 6.42 Å². The van der Waals surface area contributed by atoms with Crippen molar-refractivity contribution in [3.8, 4) is 0 Å². The number of aromatic nitrogens is 1. The Bertz CT molecular complexity index is 827. The van der Waals surface area contributed by atoms with Gasteiger partial charge in [0.25, 0.3) is 0 Å². The highest BCUT2D eigenvalue weighted by Gasteiger charge is 2.33. The number of nitrogens with zero attached hydrogens (tertiary/aromatic N) is 3. The highest BCUT2D eigenvalue weighted by atomic mass is 79.9. The van der Waals surface area contributed by atoms with Gasteiger partial charge in [-0.15, -0.1) is 0 Å². The summed E-state index contributed by atoms with van der Waals surface area (Å²) in [7, 11) is 0. The summed E-state index contributed by atoms with van der Waals surface area (Å²) in [6, 6.07) is 12.5. The van der Waals surface area contributed by atoms with Gasteiger partial charge in [-0.05, 0) is 46.0 Å². The number of fused-ring (bicyclic) bond motifs is 1. The van der Waals surface area contributed by atoms with E-state index in [1.165, 1.54) is 5.69 Å². The van der Waals surface area contributed by atoms with Crippen molar-refractivity contribution in [3.63, 3.8) is 0 Å². The Balaban J connectivity index is 1.55. The fourth-order valence-corrected chi connectivity index (χ4v) is 4.54. The molecule has 0 bridgehead atoms. The molecule has 2 aromatic rings. The summed E-state index contributed by atoms with van der Waals surface area (Å²) in [5, 5.41) is 0. The van der Waals surface area contributed by atoms with Crippen LogP contribution >= 0.6 is 15.9 Å². The number of hydrogen-bond acceptors (Lipinski definition) is 4. The molecule has 0 N–H and O–H groups in total. The Morgan fingerprint density at radius 3 is 2.35 bits per heavy atom. The average Bonchev–Trinajstić information content (AvgIpc) is 2.62. The van der Waals surface area contributed by atoms with E-state index < -0.39 is 0 Å². The van der Waals surface area contributed by atoms with Gasteiger partial charge >= 0.3 is 0 Å². The van der Waals surface area contributed by atoms with Gasteiger partial charge in [-0.25, -0.2) is 4.98 Å². The predicted octanol–water partition coefficient (Wildman–Crippen LogP) is 4.33. The summed E-state index contributed by atoms with van der Waals surface area (Å²) < 4.78 is 0.928. The predicted molar refractivity (Wildman–Crippen MR) is 109 cm³/mol. The zero-order valence-corrected chi connectivity index (χ0v) is 16.9. The van der Waals surface area contributed by atoms with Crippen LogP contribution in [0, 0.1) is 5.41 Å². The maximum Gasteiger partial charge on any atom is 0.165 e. The molecular weight excluding hydrogens is 390 g/mol. The number of para-hydroxylation sites is 1. The van der Waals surface area contributed by atoms with Crippen LogP contribution in [0.2, 0.25) is 0 Å². The second kappa shape index (κ2) is 6.69. The van der Waals surface area contributed by atoms with E-state index in [1.54, 1.807) is 0 Å². The number of piperazine rings is 1. The first-order valence-electron chi connectivity index (χ1n) is 9.20. The molecular formula is C21H24BrN3O. The van der Waals surface area contributed by atoms with Gasteiger partial charge < -0.3 is 9.80 Å². The van der Waals surface area contributed by atoms with Crippen molar-refractivity contribution in [3.05, 3.63) is 52.1 Å². The summed E-state index contributed by atoms with van der Waals surface area (Å²) in [6.07, 6.45) is 1.46. The first-order valence-corrected chi connectivity index (χ1v) is 10.00. The molecule has 0 atom stereocenters. The van der Waals surface area contributed by atoms with Crippen LogP contribution in [0.15, 0.2) is 40.9 Å². The van der Waals surface area contributed by atoms with Crippen LogP contribution in [0.5, 0.6) is 0 Å². The lowest BCUT2D eigenvalue weighted by Gasteiger charge is -2.38. The van der Waals surface area contributed by atoms with Gasteiger partial charge in [0, 0.05) is 43.9 Å². The smallest absolute Gasteiger partial charge is 0.165 e. The molecule has 2 heterocycles. The number of rotatable bonds is 2. The van der Waals surface area contributed by atoms with E-state index in [0.717, 1.165) is 54.1 Å². The lowest BCUT2D eigenvalue weighted by molar-refractivity contribution is 0.0910. The second-order valence-electron chi connectivity index (χ2n) is 8.04. The third-order valence-electron chi connectivity index (χ3n) is 5.32. The van der Waals surface area contributed by atoms with Gasteiger partial charge in [-0.3, -0.25) is 4.79 Å². The molecule has 1 fully saturated rings. The van der Waals surface area contributed by atoms with Gasteiger partial charge in [0.15, 0.2) is 5.78 Å². The normalized spacial score (nSPS) is 19.4. The standard InChI is InChI=1S/C21H24BrN3O/c1-21(2)13-18-16(19(26)14-21)12-17(22)20(23-18)25-10-8-24(9-11-25)15-6-4-3-5-7-15/h3-7,12H,8-11,13-14H2,1-2H3. The van der Waals surface area contributed by atoms with Gasteiger partial charge in [0.1, 0.15) is 5.82 Å².